The first kappa shape index (κ1) is 25.9. The van der Waals surface area contributed by atoms with Gasteiger partial charge in [-0.25, -0.2) is 0 Å². The van der Waals surface area contributed by atoms with Crippen molar-refractivity contribution < 1.29 is 19.8 Å². The van der Waals surface area contributed by atoms with Crippen LogP contribution in [-0.2, 0) is 11.2 Å². The maximum absolute atomic E-state index is 13.3. The molecule has 0 heterocycles. The van der Waals surface area contributed by atoms with Gasteiger partial charge < -0.3 is 31.1 Å². The van der Waals surface area contributed by atoms with Gasteiger partial charge in [-0.1, -0.05) is 44.2 Å². The van der Waals surface area contributed by atoms with Crippen LogP contribution in [0.1, 0.15) is 41.4 Å². The van der Waals surface area contributed by atoms with E-state index < -0.39 is 40.9 Å². The predicted molar refractivity (Wildman–Crippen MR) is 140 cm³/mol. The van der Waals surface area contributed by atoms with Crippen LogP contribution in [0.3, 0.4) is 0 Å². The highest BCUT2D eigenvalue weighted by atomic mass is 16.3. The molecule has 0 unspecified atom stereocenters. The Morgan fingerprint density at radius 1 is 1.00 bits per heavy atom. The van der Waals surface area contributed by atoms with Gasteiger partial charge in [0.05, 0.1) is 23.4 Å². The number of carbonyl (C=O) groups is 2. The van der Waals surface area contributed by atoms with Crippen LogP contribution in [0, 0.1) is 5.92 Å². The van der Waals surface area contributed by atoms with E-state index >= 15 is 0 Å². The van der Waals surface area contributed by atoms with Gasteiger partial charge in [-0.05, 0) is 29.2 Å². The number of nitrogens with one attached hydrogen (secondary N) is 3. The zero-order valence-electron chi connectivity index (χ0n) is 21.0. The monoisotopic (exact) mass is 506 g/mol. The number of amides is 2. The second-order valence-electron chi connectivity index (χ2n) is 9.76. The van der Waals surface area contributed by atoms with Crippen molar-refractivity contribution >= 4 is 28.9 Å². The van der Waals surface area contributed by atoms with Gasteiger partial charge in [0.15, 0.2) is 5.75 Å². The van der Waals surface area contributed by atoms with Crippen LogP contribution < -0.4 is 26.8 Å². The molecular formula is C27H30N4O6. The first-order valence-corrected chi connectivity index (χ1v) is 12.0. The van der Waals surface area contributed by atoms with Gasteiger partial charge in [0.25, 0.3) is 16.8 Å². The second kappa shape index (κ2) is 10.1. The Balaban J connectivity index is 1.56. The average molecular weight is 507 g/mol. The number of aliphatic hydroxyl groups excluding tert-OH is 1. The first-order valence-electron chi connectivity index (χ1n) is 12.0. The number of nitrogens with zero attached hydrogens (tertiary/aromatic N) is 1. The predicted octanol–water partition coefficient (Wildman–Crippen LogP) is 1.64. The van der Waals surface area contributed by atoms with Crippen LogP contribution in [0.25, 0.3) is 0 Å². The van der Waals surface area contributed by atoms with Crippen molar-refractivity contribution in [3.63, 3.8) is 0 Å². The standard InChI is InChI=1S/C27H30N4O6/c1-13(2)19(26(36)30-20-15-9-6-5-8-14(15)12-18(20)32)29-22-21(24(34)25(22)35)28-17-11-7-10-16(23(17)33)27(37)31(3)4/h5-11,13,18-20,28-29,32-33H,12H2,1-4H3,(H,30,36)/t18-,19-,20+/m1/s1. The Morgan fingerprint density at radius 2 is 1.68 bits per heavy atom. The smallest absolute Gasteiger partial charge is 0.257 e. The normalized spacial score (nSPS) is 17.4. The molecule has 0 aromatic heterocycles. The number of hydrogen-bond acceptors (Lipinski definition) is 8. The number of hydrogen-bond donors (Lipinski definition) is 5. The number of aliphatic hydroxyl groups is 1. The summed E-state index contributed by atoms with van der Waals surface area (Å²) < 4.78 is 0. The highest BCUT2D eigenvalue weighted by Crippen LogP contribution is 2.33. The number of para-hydroxylation sites is 1. The molecule has 0 radical (unpaired) electrons. The van der Waals surface area contributed by atoms with Crippen molar-refractivity contribution in [2.75, 3.05) is 24.7 Å². The lowest BCUT2D eigenvalue weighted by molar-refractivity contribution is -0.124. The number of benzene rings is 2. The first-order chi connectivity index (χ1) is 17.5. The van der Waals surface area contributed by atoms with Gasteiger partial charge in [0.1, 0.15) is 17.4 Å². The summed E-state index contributed by atoms with van der Waals surface area (Å²) in [7, 11) is 3.08. The number of carbonyl (C=O) groups excluding carboxylic acids is 2. The highest BCUT2D eigenvalue weighted by molar-refractivity contribution is 5.99. The number of phenolic OH excluding ortho intramolecular Hbond substituents is 1. The van der Waals surface area contributed by atoms with Crippen molar-refractivity contribution in [2.45, 2.75) is 38.5 Å². The number of fused-ring (bicyclic) bond motifs is 1. The van der Waals surface area contributed by atoms with Crippen LogP contribution in [0.15, 0.2) is 52.1 Å². The molecule has 1 aliphatic carbocycles. The van der Waals surface area contributed by atoms with Gasteiger partial charge in [-0.2, -0.15) is 0 Å². The van der Waals surface area contributed by atoms with E-state index in [0.29, 0.717) is 6.42 Å². The van der Waals surface area contributed by atoms with Gasteiger partial charge in [0.2, 0.25) is 5.91 Å². The maximum Gasteiger partial charge on any atom is 0.257 e. The molecule has 1 aliphatic rings. The Hall–Kier alpha value is -4.18. The van der Waals surface area contributed by atoms with E-state index in [1.165, 1.54) is 23.1 Å². The maximum atomic E-state index is 13.3. The second-order valence-corrected chi connectivity index (χ2v) is 9.76. The van der Waals surface area contributed by atoms with E-state index in [2.05, 4.69) is 16.0 Å². The Kier molecular flexibility index (Phi) is 7.04. The molecule has 2 amide bonds. The van der Waals surface area contributed by atoms with Crippen LogP contribution >= 0.6 is 0 Å². The van der Waals surface area contributed by atoms with Crippen molar-refractivity contribution in [3.05, 3.63) is 79.6 Å². The molecule has 3 aromatic carbocycles. The molecule has 3 atom stereocenters. The van der Waals surface area contributed by atoms with E-state index in [1.807, 2.05) is 24.3 Å². The van der Waals surface area contributed by atoms with Gasteiger partial charge in [0, 0.05) is 20.5 Å². The Bertz CT molecular complexity index is 1420. The van der Waals surface area contributed by atoms with Crippen molar-refractivity contribution in [2.24, 2.45) is 5.92 Å². The van der Waals surface area contributed by atoms with Gasteiger partial charge >= 0.3 is 0 Å². The van der Waals surface area contributed by atoms with Crippen LogP contribution in [0.2, 0.25) is 0 Å². The Morgan fingerprint density at radius 3 is 2.35 bits per heavy atom. The summed E-state index contributed by atoms with van der Waals surface area (Å²) in [6, 6.07) is 10.4. The third kappa shape index (κ3) is 4.79. The molecule has 194 valence electrons. The average Bonchev–Trinajstić information content (AvgIpc) is 3.18. The summed E-state index contributed by atoms with van der Waals surface area (Å²) in [5.41, 5.74) is 0.0797. The largest absolute Gasteiger partial charge is 0.505 e. The number of aromatic hydroxyl groups is 1. The fraction of sp³-hybridized carbons (Fsp3) is 0.333. The summed E-state index contributed by atoms with van der Waals surface area (Å²) in [5, 5.41) is 29.6. The third-order valence-electron chi connectivity index (χ3n) is 6.59. The molecule has 0 bridgehead atoms. The summed E-state index contributed by atoms with van der Waals surface area (Å²) in [5.74, 6) is -1.51. The highest BCUT2D eigenvalue weighted by Gasteiger charge is 2.35. The van der Waals surface area contributed by atoms with E-state index in [0.717, 1.165) is 11.1 Å². The minimum Gasteiger partial charge on any atom is -0.505 e. The SMILES string of the molecule is CC(C)[C@@H](Nc1c(Nc2cccc(C(=O)N(C)C)c2O)c(=O)c1=O)C(=O)N[C@H]1c2ccccc2C[C@H]1O. The molecule has 3 aromatic rings. The van der Waals surface area contributed by atoms with Crippen molar-refractivity contribution in [1.82, 2.24) is 10.2 Å². The lowest BCUT2D eigenvalue weighted by atomic mass is 10.00. The Labute approximate surface area is 213 Å². The zero-order valence-corrected chi connectivity index (χ0v) is 21.0. The molecule has 10 heteroatoms. The summed E-state index contributed by atoms with van der Waals surface area (Å²) >= 11 is 0. The van der Waals surface area contributed by atoms with Gasteiger partial charge in [-0.15, -0.1) is 0 Å². The van der Waals surface area contributed by atoms with E-state index in [-0.39, 0.29) is 34.3 Å². The molecule has 0 aliphatic heterocycles. The van der Waals surface area contributed by atoms with Crippen molar-refractivity contribution in [1.29, 1.82) is 0 Å². The zero-order chi connectivity index (χ0) is 27.0. The molecule has 5 N–H and O–H groups in total. The molecule has 10 nitrogen and oxygen atoms in total. The molecule has 0 spiro atoms. The summed E-state index contributed by atoms with van der Waals surface area (Å²) in [6.45, 7) is 3.58. The quantitative estimate of drug-likeness (QED) is 0.229. The number of anilines is 3. The molecular weight excluding hydrogens is 476 g/mol. The third-order valence-corrected chi connectivity index (χ3v) is 6.59. The van der Waals surface area contributed by atoms with Crippen LogP contribution in [0.5, 0.6) is 5.75 Å². The van der Waals surface area contributed by atoms with Crippen LogP contribution in [-0.4, -0.2) is 53.2 Å². The topological polar surface area (TPSA) is 148 Å². The fourth-order valence-corrected chi connectivity index (χ4v) is 4.52. The summed E-state index contributed by atoms with van der Waals surface area (Å²) in [6.07, 6.45) is -0.357. The minimum atomic E-state index is -0.890. The van der Waals surface area contributed by atoms with Crippen molar-refractivity contribution in [3.8, 4) is 5.75 Å². The molecule has 0 fully saturated rings. The lowest BCUT2D eigenvalue weighted by Gasteiger charge is -2.27. The molecule has 0 saturated heterocycles. The lowest BCUT2D eigenvalue weighted by Crippen LogP contribution is -2.49. The molecule has 37 heavy (non-hydrogen) atoms. The number of phenols is 1. The fourth-order valence-electron chi connectivity index (χ4n) is 4.52. The molecule has 0 saturated carbocycles. The van der Waals surface area contributed by atoms with E-state index in [1.54, 1.807) is 27.9 Å². The van der Waals surface area contributed by atoms with Crippen LogP contribution in [0.4, 0.5) is 17.1 Å². The number of rotatable bonds is 8. The van der Waals surface area contributed by atoms with E-state index in [4.69, 9.17) is 0 Å². The minimum absolute atomic E-state index is 0.0260. The van der Waals surface area contributed by atoms with Gasteiger partial charge in [-0.3, -0.25) is 19.2 Å². The summed E-state index contributed by atoms with van der Waals surface area (Å²) in [4.78, 5) is 51.7. The van der Waals surface area contributed by atoms with E-state index in [9.17, 15) is 29.4 Å². The molecule has 4 rings (SSSR count).